The van der Waals surface area contributed by atoms with E-state index in [0.29, 0.717) is 11.5 Å². The Morgan fingerprint density at radius 2 is 2.15 bits per heavy atom. The van der Waals surface area contributed by atoms with E-state index in [9.17, 15) is 9.59 Å². The fourth-order valence-corrected chi connectivity index (χ4v) is 1.57. The zero-order chi connectivity index (χ0) is 14.5. The summed E-state index contributed by atoms with van der Waals surface area (Å²) < 4.78 is 9.93. The summed E-state index contributed by atoms with van der Waals surface area (Å²) in [6.07, 6.45) is 2.77. The largest absolute Gasteiger partial charge is 0.468 e. The summed E-state index contributed by atoms with van der Waals surface area (Å²) in [6, 6.07) is 7.32. The molecule has 1 aromatic heterocycles. The van der Waals surface area contributed by atoms with Crippen molar-refractivity contribution in [2.24, 2.45) is 0 Å². The fraction of sp³-hybridized carbons (Fsp3) is 0.214. The molecule has 0 spiro atoms. The summed E-state index contributed by atoms with van der Waals surface area (Å²) in [5, 5.41) is 0. The molecule has 6 nitrogen and oxygen atoms in total. The number of amides is 1. The van der Waals surface area contributed by atoms with E-state index >= 15 is 0 Å². The maximum absolute atomic E-state index is 11.7. The van der Waals surface area contributed by atoms with Crippen molar-refractivity contribution in [3.8, 4) is 0 Å². The molecule has 0 N–H and O–H groups in total. The van der Waals surface area contributed by atoms with Crippen LogP contribution in [-0.4, -0.2) is 42.5 Å². The van der Waals surface area contributed by atoms with Crippen LogP contribution in [0.3, 0.4) is 0 Å². The second-order valence-corrected chi connectivity index (χ2v) is 4.12. The smallest absolute Gasteiger partial charge is 0.325 e. The minimum atomic E-state index is -0.476. The van der Waals surface area contributed by atoms with Gasteiger partial charge in [0, 0.05) is 19.2 Å². The number of esters is 1. The highest BCUT2D eigenvalue weighted by Crippen LogP contribution is 2.15. The molecule has 1 amide bonds. The van der Waals surface area contributed by atoms with Gasteiger partial charge in [-0.25, -0.2) is 4.98 Å². The Hall–Kier alpha value is -2.63. The summed E-state index contributed by atoms with van der Waals surface area (Å²) in [7, 11) is 2.78. The lowest BCUT2D eigenvalue weighted by Gasteiger charge is -2.12. The van der Waals surface area contributed by atoms with Crippen LogP contribution in [-0.2, 0) is 14.3 Å². The Morgan fingerprint density at radius 3 is 2.85 bits per heavy atom. The summed E-state index contributed by atoms with van der Waals surface area (Å²) in [5.41, 5.74) is 1.38. The predicted octanol–water partition coefficient (Wildman–Crippen LogP) is 1.47. The number of rotatable bonds is 4. The highest BCUT2D eigenvalue weighted by Gasteiger charge is 2.10. The van der Waals surface area contributed by atoms with Gasteiger partial charge < -0.3 is 14.1 Å². The van der Waals surface area contributed by atoms with Crippen molar-refractivity contribution in [1.29, 1.82) is 0 Å². The third-order valence-corrected chi connectivity index (χ3v) is 2.65. The molecule has 0 atom stereocenters. The van der Waals surface area contributed by atoms with Crippen LogP contribution in [0.5, 0.6) is 0 Å². The van der Waals surface area contributed by atoms with Crippen LogP contribution in [0.25, 0.3) is 17.2 Å². The molecule has 0 aliphatic rings. The number of nitrogens with zero attached hydrogens (tertiary/aromatic N) is 2. The number of hydrogen-bond acceptors (Lipinski definition) is 5. The third-order valence-electron chi connectivity index (χ3n) is 2.65. The van der Waals surface area contributed by atoms with E-state index in [0.717, 1.165) is 5.52 Å². The van der Waals surface area contributed by atoms with E-state index in [1.165, 1.54) is 31.2 Å². The van der Waals surface area contributed by atoms with Gasteiger partial charge in [-0.1, -0.05) is 12.1 Å². The first-order valence-corrected chi connectivity index (χ1v) is 5.95. The molecule has 0 radical (unpaired) electrons. The van der Waals surface area contributed by atoms with Crippen LogP contribution < -0.4 is 0 Å². The number of methoxy groups -OCH3 is 1. The average Bonchev–Trinajstić information content (AvgIpc) is 2.87. The van der Waals surface area contributed by atoms with Gasteiger partial charge in [0.15, 0.2) is 5.58 Å². The maximum atomic E-state index is 11.7. The Morgan fingerprint density at radius 1 is 1.40 bits per heavy atom. The summed E-state index contributed by atoms with van der Waals surface area (Å²) in [5.74, 6) is -0.472. The predicted molar refractivity (Wildman–Crippen MR) is 72.7 cm³/mol. The number of carbonyl (C=O) groups excluding carboxylic acids is 2. The molecular formula is C14H14N2O4. The summed E-state index contributed by atoms with van der Waals surface area (Å²) in [4.78, 5) is 28.2. The van der Waals surface area contributed by atoms with E-state index in [2.05, 4.69) is 9.72 Å². The Balaban J connectivity index is 2.04. The van der Waals surface area contributed by atoms with Crippen LogP contribution in [0, 0.1) is 0 Å². The molecule has 1 heterocycles. The number of carbonyl (C=O) groups is 2. The molecule has 2 rings (SSSR count). The minimum absolute atomic E-state index is 0.104. The van der Waals surface area contributed by atoms with E-state index < -0.39 is 5.97 Å². The lowest BCUT2D eigenvalue weighted by Crippen LogP contribution is -2.31. The number of ether oxygens (including phenoxy) is 1. The van der Waals surface area contributed by atoms with Gasteiger partial charge in [0.05, 0.1) is 7.11 Å². The van der Waals surface area contributed by atoms with Crippen molar-refractivity contribution in [3.63, 3.8) is 0 Å². The number of aromatic nitrogens is 1. The van der Waals surface area contributed by atoms with Crippen molar-refractivity contribution >= 4 is 29.1 Å². The van der Waals surface area contributed by atoms with Gasteiger partial charge in [0.25, 0.3) is 0 Å². The number of para-hydroxylation sites is 2. The van der Waals surface area contributed by atoms with E-state index in [4.69, 9.17) is 4.42 Å². The fourth-order valence-electron chi connectivity index (χ4n) is 1.57. The number of likely N-dealkylation sites (N-methyl/N-ethyl adjacent to an activating group) is 1. The number of benzene rings is 1. The number of fused-ring (bicyclic) bond motifs is 1. The molecular weight excluding hydrogens is 260 g/mol. The molecule has 0 saturated carbocycles. The summed E-state index contributed by atoms with van der Waals surface area (Å²) >= 11 is 0. The summed E-state index contributed by atoms with van der Waals surface area (Å²) in [6.45, 7) is -0.104. The van der Waals surface area contributed by atoms with Crippen LogP contribution in [0.4, 0.5) is 0 Å². The zero-order valence-electron chi connectivity index (χ0n) is 11.2. The van der Waals surface area contributed by atoms with Crippen LogP contribution in [0.1, 0.15) is 5.89 Å². The molecule has 0 unspecified atom stereocenters. The minimum Gasteiger partial charge on any atom is -0.468 e. The molecule has 0 saturated heterocycles. The van der Waals surface area contributed by atoms with E-state index in [1.807, 2.05) is 18.2 Å². The van der Waals surface area contributed by atoms with Crippen molar-refractivity contribution < 1.29 is 18.7 Å². The standard InChI is InChI=1S/C14H14N2O4/c1-16(9-14(18)19-2)13(17)8-7-12-15-10-5-3-4-6-11(10)20-12/h3-8H,9H2,1-2H3. The first-order valence-electron chi connectivity index (χ1n) is 5.95. The van der Waals surface area contributed by atoms with Crippen LogP contribution in [0.15, 0.2) is 34.8 Å². The van der Waals surface area contributed by atoms with Gasteiger partial charge in [-0.15, -0.1) is 0 Å². The third kappa shape index (κ3) is 3.23. The van der Waals surface area contributed by atoms with Gasteiger partial charge in [-0.2, -0.15) is 0 Å². The van der Waals surface area contributed by atoms with Gasteiger partial charge in [0.1, 0.15) is 12.1 Å². The first kappa shape index (κ1) is 13.8. The van der Waals surface area contributed by atoms with Crippen molar-refractivity contribution in [2.75, 3.05) is 20.7 Å². The maximum Gasteiger partial charge on any atom is 0.325 e. The second-order valence-electron chi connectivity index (χ2n) is 4.12. The van der Waals surface area contributed by atoms with Gasteiger partial charge in [-0.3, -0.25) is 9.59 Å². The lowest BCUT2D eigenvalue weighted by atomic mass is 10.3. The Kier molecular flexibility index (Phi) is 4.14. The Bertz CT molecular complexity index is 627. The first-order chi connectivity index (χ1) is 9.60. The molecule has 2 aromatic rings. The quantitative estimate of drug-likeness (QED) is 0.623. The molecule has 0 bridgehead atoms. The zero-order valence-corrected chi connectivity index (χ0v) is 11.2. The number of oxazole rings is 1. The van der Waals surface area contributed by atoms with Crippen molar-refractivity contribution in [1.82, 2.24) is 9.88 Å². The second kappa shape index (κ2) is 6.01. The SMILES string of the molecule is COC(=O)CN(C)C(=O)C=Cc1nc2ccccc2o1. The van der Waals surface area contributed by atoms with Crippen LogP contribution >= 0.6 is 0 Å². The van der Waals surface area contributed by atoms with Crippen molar-refractivity contribution in [2.45, 2.75) is 0 Å². The van der Waals surface area contributed by atoms with Gasteiger partial charge >= 0.3 is 5.97 Å². The molecule has 104 valence electrons. The molecule has 1 aromatic carbocycles. The molecule has 0 aliphatic heterocycles. The highest BCUT2D eigenvalue weighted by atomic mass is 16.5. The number of hydrogen-bond donors (Lipinski definition) is 0. The molecule has 20 heavy (non-hydrogen) atoms. The monoisotopic (exact) mass is 274 g/mol. The molecule has 0 aliphatic carbocycles. The molecule has 6 heteroatoms. The van der Waals surface area contributed by atoms with E-state index in [1.54, 1.807) is 6.07 Å². The normalized spacial score (nSPS) is 10.9. The van der Waals surface area contributed by atoms with E-state index in [-0.39, 0.29) is 12.5 Å². The van der Waals surface area contributed by atoms with Gasteiger partial charge in [0.2, 0.25) is 11.8 Å². The Labute approximate surface area is 115 Å². The highest BCUT2D eigenvalue weighted by molar-refractivity contribution is 5.93. The average molecular weight is 274 g/mol. The topological polar surface area (TPSA) is 72.6 Å². The lowest BCUT2D eigenvalue weighted by molar-refractivity contribution is -0.144. The van der Waals surface area contributed by atoms with Crippen molar-refractivity contribution in [3.05, 3.63) is 36.2 Å². The van der Waals surface area contributed by atoms with Gasteiger partial charge in [-0.05, 0) is 12.1 Å². The van der Waals surface area contributed by atoms with Crippen LogP contribution in [0.2, 0.25) is 0 Å². The molecule has 0 fully saturated rings.